The fraction of sp³-hybridized carbons (Fsp3) is 0.429. The molecule has 0 unspecified atom stereocenters. The first-order valence-electron chi connectivity index (χ1n) is 13.5. The molecule has 0 spiro atoms. The maximum atomic E-state index is 15.4. The monoisotopic (exact) mass is 567 g/mol. The van der Waals surface area contributed by atoms with Crippen molar-refractivity contribution in [3.8, 4) is 34.7 Å². The highest BCUT2D eigenvalue weighted by molar-refractivity contribution is 5.66. The summed E-state index contributed by atoms with van der Waals surface area (Å²) in [4.78, 5) is 25.6. The summed E-state index contributed by atoms with van der Waals surface area (Å²) in [6.45, 7) is -0.0727. The summed E-state index contributed by atoms with van der Waals surface area (Å²) in [5.41, 5.74) is 0.836. The molecule has 4 aromatic rings. The number of rotatable bonds is 9. The second kappa shape index (κ2) is 9.74. The second-order valence-electron chi connectivity index (χ2n) is 10.6. The van der Waals surface area contributed by atoms with E-state index in [2.05, 4.69) is 29.9 Å². The summed E-state index contributed by atoms with van der Waals surface area (Å²) in [6, 6.07) is 2.66. The number of nitrogens with zero attached hydrogens (tertiary/aromatic N) is 7. The van der Waals surface area contributed by atoms with Crippen molar-refractivity contribution in [2.45, 2.75) is 69.2 Å². The Labute approximate surface area is 232 Å². The minimum Gasteiger partial charge on any atom is -0.480 e. The zero-order valence-corrected chi connectivity index (χ0v) is 22.0. The van der Waals surface area contributed by atoms with Gasteiger partial charge in [0.15, 0.2) is 23.2 Å². The number of imidazole rings is 1. The lowest BCUT2D eigenvalue weighted by Gasteiger charge is -2.13. The predicted octanol–water partition coefficient (Wildman–Crippen LogP) is 6.03. The van der Waals surface area contributed by atoms with Crippen molar-refractivity contribution >= 4 is 0 Å². The summed E-state index contributed by atoms with van der Waals surface area (Å²) in [6.07, 6.45) is 4.59. The van der Waals surface area contributed by atoms with Crippen molar-refractivity contribution < 1.29 is 27.0 Å². The molecule has 3 aliphatic rings. The molecule has 0 N–H and O–H groups in total. The molecule has 3 aliphatic carbocycles. The summed E-state index contributed by atoms with van der Waals surface area (Å²) in [5.74, 6) is 0.204. The van der Waals surface area contributed by atoms with Gasteiger partial charge in [-0.2, -0.15) is 18.2 Å². The summed E-state index contributed by atoms with van der Waals surface area (Å²) in [5, 5.41) is 0. The van der Waals surface area contributed by atoms with Crippen LogP contribution in [0.5, 0.6) is 11.8 Å². The van der Waals surface area contributed by atoms with Crippen LogP contribution in [0.3, 0.4) is 0 Å². The van der Waals surface area contributed by atoms with Crippen molar-refractivity contribution in [2.75, 3.05) is 7.11 Å². The van der Waals surface area contributed by atoms with E-state index >= 15 is 4.39 Å². The van der Waals surface area contributed by atoms with Crippen LogP contribution in [0.2, 0.25) is 0 Å². The van der Waals surface area contributed by atoms with Crippen LogP contribution in [0.15, 0.2) is 30.9 Å². The van der Waals surface area contributed by atoms with Gasteiger partial charge >= 0.3 is 6.18 Å². The highest BCUT2D eigenvalue weighted by Gasteiger charge is 2.46. The second-order valence-corrected chi connectivity index (χ2v) is 10.6. The minimum absolute atomic E-state index is 0.0716. The molecule has 7 rings (SSSR count). The molecule has 0 aliphatic heterocycles. The van der Waals surface area contributed by atoms with Gasteiger partial charge in [0.1, 0.15) is 24.2 Å². The van der Waals surface area contributed by atoms with Gasteiger partial charge in [-0.25, -0.2) is 29.3 Å². The first kappa shape index (κ1) is 25.8. The molecule has 3 saturated carbocycles. The molecule has 9 nitrogen and oxygen atoms in total. The van der Waals surface area contributed by atoms with Crippen molar-refractivity contribution in [1.29, 1.82) is 0 Å². The number of halogens is 4. The molecule has 4 aromatic heterocycles. The molecule has 212 valence electrons. The Bertz CT molecular complexity index is 1630. The van der Waals surface area contributed by atoms with E-state index in [-0.39, 0.29) is 41.7 Å². The number of aromatic nitrogens is 7. The van der Waals surface area contributed by atoms with E-state index in [0.29, 0.717) is 41.6 Å². The van der Waals surface area contributed by atoms with Crippen LogP contribution in [0, 0.1) is 5.82 Å². The topological polar surface area (TPSA) is 101 Å². The largest absolute Gasteiger partial charge is 0.480 e. The van der Waals surface area contributed by atoms with Crippen molar-refractivity contribution in [3.05, 3.63) is 59.3 Å². The van der Waals surface area contributed by atoms with Crippen molar-refractivity contribution in [3.63, 3.8) is 0 Å². The molecule has 4 heterocycles. The molecule has 0 radical (unpaired) electrons. The van der Waals surface area contributed by atoms with Gasteiger partial charge in [0, 0.05) is 41.9 Å². The first-order valence-corrected chi connectivity index (χ1v) is 13.5. The molecule has 13 heteroatoms. The van der Waals surface area contributed by atoms with E-state index < -0.39 is 17.7 Å². The Balaban J connectivity index is 1.15. The van der Waals surface area contributed by atoms with Crippen LogP contribution in [0.4, 0.5) is 17.6 Å². The van der Waals surface area contributed by atoms with E-state index in [1.165, 1.54) is 31.9 Å². The summed E-state index contributed by atoms with van der Waals surface area (Å²) < 4.78 is 69.8. The van der Waals surface area contributed by atoms with Gasteiger partial charge in [0.2, 0.25) is 11.8 Å². The van der Waals surface area contributed by atoms with E-state index in [4.69, 9.17) is 9.47 Å². The van der Waals surface area contributed by atoms with Crippen LogP contribution < -0.4 is 9.47 Å². The fourth-order valence-electron chi connectivity index (χ4n) is 5.10. The third-order valence-corrected chi connectivity index (χ3v) is 7.44. The molecular weight excluding hydrogens is 542 g/mol. The number of alkyl halides is 3. The lowest BCUT2D eigenvalue weighted by Crippen LogP contribution is -2.11. The molecule has 0 amide bonds. The van der Waals surface area contributed by atoms with Crippen LogP contribution >= 0.6 is 0 Å². The average molecular weight is 568 g/mol. The predicted molar refractivity (Wildman–Crippen MR) is 137 cm³/mol. The highest BCUT2D eigenvalue weighted by atomic mass is 19.4. The number of hydrogen-bond donors (Lipinski definition) is 0. The number of ether oxygens (including phenoxy) is 2. The Morgan fingerprint density at radius 1 is 0.976 bits per heavy atom. The number of methoxy groups -OCH3 is 1. The van der Waals surface area contributed by atoms with Gasteiger partial charge in [-0.3, -0.25) is 0 Å². The lowest BCUT2D eigenvalue weighted by molar-refractivity contribution is -0.141. The van der Waals surface area contributed by atoms with Gasteiger partial charge in [-0.15, -0.1) is 0 Å². The lowest BCUT2D eigenvalue weighted by atomic mass is 10.1. The SMILES string of the molecule is COc1ncnc(C2CC2)c1-c1nccc(OCc2cnc(-c3nc(C(F)(F)F)c(C4CC4)n3C3CC3)c(F)c2)n1. The Kier molecular flexibility index (Phi) is 6.12. The van der Waals surface area contributed by atoms with Gasteiger partial charge in [0.25, 0.3) is 0 Å². The fourth-order valence-corrected chi connectivity index (χ4v) is 5.10. The maximum Gasteiger partial charge on any atom is 0.435 e. The molecule has 41 heavy (non-hydrogen) atoms. The molecule has 0 saturated heterocycles. The Hall–Kier alpha value is -4.16. The van der Waals surface area contributed by atoms with Gasteiger partial charge in [0.05, 0.1) is 18.5 Å². The van der Waals surface area contributed by atoms with Gasteiger partial charge in [-0.1, -0.05) is 0 Å². The molecule has 0 bridgehead atoms. The van der Waals surface area contributed by atoms with E-state index in [1.807, 2.05) is 0 Å². The van der Waals surface area contributed by atoms with E-state index in [9.17, 15) is 13.2 Å². The molecular formula is C28H25F4N7O2. The maximum absolute atomic E-state index is 15.4. The van der Waals surface area contributed by atoms with E-state index in [0.717, 1.165) is 31.4 Å². The van der Waals surface area contributed by atoms with Crippen molar-refractivity contribution in [1.82, 2.24) is 34.5 Å². The zero-order valence-electron chi connectivity index (χ0n) is 22.0. The quantitative estimate of drug-likeness (QED) is 0.226. The molecule has 0 atom stereocenters. The normalized spacial score (nSPS) is 17.1. The Morgan fingerprint density at radius 2 is 1.76 bits per heavy atom. The summed E-state index contributed by atoms with van der Waals surface area (Å²) >= 11 is 0. The molecule has 3 fully saturated rings. The van der Waals surface area contributed by atoms with Gasteiger partial charge < -0.3 is 14.0 Å². The summed E-state index contributed by atoms with van der Waals surface area (Å²) in [7, 11) is 1.52. The highest BCUT2D eigenvalue weighted by Crippen LogP contribution is 2.51. The van der Waals surface area contributed by atoms with Crippen LogP contribution in [0.25, 0.3) is 22.9 Å². The third-order valence-electron chi connectivity index (χ3n) is 7.44. The van der Waals surface area contributed by atoms with Crippen molar-refractivity contribution in [2.24, 2.45) is 0 Å². The standard InChI is InChI=1S/C28H25F4N7O2/c1-40-27-20(21(15-2-3-15)35-13-36-27)25-33-9-8-19(37-25)41-12-14-10-18(29)22(34-11-14)26-38-24(28(30,31)32)23(16-4-5-16)39(26)17-6-7-17/h8-11,13,15-17H,2-7,12H2,1H3. The minimum atomic E-state index is -4.62. The number of pyridine rings is 1. The van der Waals surface area contributed by atoms with Crippen LogP contribution in [-0.4, -0.2) is 41.6 Å². The Morgan fingerprint density at radius 3 is 2.41 bits per heavy atom. The van der Waals surface area contributed by atoms with Gasteiger partial charge in [-0.05, 0) is 44.6 Å². The third kappa shape index (κ3) is 4.97. The van der Waals surface area contributed by atoms with Crippen LogP contribution in [0.1, 0.15) is 79.0 Å². The molecule has 0 aromatic carbocycles. The van der Waals surface area contributed by atoms with Crippen LogP contribution in [-0.2, 0) is 12.8 Å². The zero-order chi connectivity index (χ0) is 28.3. The first-order chi connectivity index (χ1) is 19.8. The number of hydrogen-bond acceptors (Lipinski definition) is 8. The average Bonchev–Trinajstić information content (AvgIpc) is 3.81. The smallest absolute Gasteiger partial charge is 0.435 e. The van der Waals surface area contributed by atoms with E-state index in [1.54, 1.807) is 10.6 Å².